The molecule has 0 radical (unpaired) electrons. The number of aliphatic hydroxyl groups is 1. The Bertz CT molecular complexity index is 931. The largest absolute Gasteiger partial charge is 0.395 e. The van der Waals surface area contributed by atoms with Crippen LogP contribution in [0.5, 0.6) is 0 Å². The van der Waals surface area contributed by atoms with Crippen molar-refractivity contribution in [3.05, 3.63) is 25.0 Å². The lowest BCUT2D eigenvalue weighted by molar-refractivity contribution is 0.277. The summed E-state index contributed by atoms with van der Waals surface area (Å²) >= 11 is 3.35. The van der Waals surface area contributed by atoms with Crippen LogP contribution in [-0.4, -0.2) is 56.1 Å². The van der Waals surface area contributed by atoms with E-state index >= 15 is 0 Å². The molecule has 4 rings (SSSR count). The molecule has 0 fully saturated rings. The van der Waals surface area contributed by atoms with Gasteiger partial charge in [0.25, 0.3) is 0 Å². The minimum absolute atomic E-state index is 0.0510. The Hall–Kier alpha value is -2.86. The molecule has 0 atom stereocenters. The molecule has 0 aliphatic carbocycles. The smallest absolute Gasteiger partial charge is 0.222 e. The molecule has 4 aromatic heterocycles. The number of aromatic nitrogens is 8. The molecule has 5 N–H and O–H groups in total. The van der Waals surface area contributed by atoms with Crippen LogP contribution in [-0.2, 0) is 13.1 Å². The van der Waals surface area contributed by atoms with Crippen molar-refractivity contribution in [2.45, 2.75) is 13.1 Å². The van der Waals surface area contributed by atoms with Crippen molar-refractivity contribution in [3.8, 4) is 0 Å². The van der Waals surface area contributed by atoms with Crippen LogP contribution in [0, 0.1) is 0 Å². The Morgan fingerprint density at radius 3 is 1.81 bits per heavy atom. The number of nitrogens with two attached hydrogens (primary N) is 2. The Balaban J connectivity index is 0.000000151. The number of alkyl halides is 1. The van der Waals surface area contributed by atoms with Crippen molar-refractivity contribution in [2.24, 2.45) is 0 Å². The van der Waals surface area contributed by atoms with Crippen LogP contribution in [0.25, 0.3) is 22.3 Å². The third-order valence-electron chi connectivity index (χ3n) is 3.42. The highest BCUT2D eigenvalue weighted by Gasteiger charge is 2.04. The SMILES string of the molecule is Nc1ncc2ncn(CCBr)c2n1.Nc1ncc2ncn(CCO)c2n1. The molecule has 0 amide bonds. The maximum atomic E-state index is 8.74. The van der Waals surface area contributed by atoms with Crippen LogP contribution in [0.3, 0.4) is 0 Å². The first kappa shape index (κ1) is 17.9. The Morgan fingerprint density at radius 2 is 1.35 bits per heavy atom. The van der Waals surface area contributed by atoms with Gasteiger partial charge in [0.1, 0.15) is 11.0 Å². The molecule has 11 nitrogen and oxygen atoms in total. The molecule has 0 aliphatic rings. The van der Waals surface area contributed by atoms with E-state index in [-0.39, 0.29) is 18.5 Å². The highest BCUT2D eigenvalue weighted by molar-refractivity contribution is 9.09. The van der Waals surface area contributed by atoms with Gasteiger partial charge in [-0.1, -0.05) is 15.9 Å². The lowest BCUT2D eigenvalue weighted by Gasteiger charge is -1.99. The first-order chi connectivity index (χ1) is 12.6. The van der Waals surface area contributed by atoms with E-state index in [4.69, 9.17) is 16.6 Å². The third kappa shape index (κ3) is 3.86. The van der Waals surface area contributed by atoms with Crippen molar-refractivity contribution in [1.82, 2.24) is 39.0 Å². The fourth-order valence-corrected chi connectivity index (χ4v) is 2.65. The number of nitrogen functional groups attached to an aromatic ring is 2. The van der Waals surface area contributed by atoms with Gasteiger partial charge in [-0.15, -0.1) is 0 Å². The minimum atomic E-state index is 0.0510. The quantitative estimate of drug-likeness (QED) is 0.391. The van der Waals surface area contributed by atoms with Crippen LogP contribution in [0.1, 0.15) is 0 Å². The second-order valence-corrected chi connectivity index (χ2v) is 5.96. The van der Waals surface area contributed by atoms with E-state index in [0.717, 1.165) is 23.0 Å². The van der Waals surface area contributed by atoms with Crippen LogP contribution in [0.2, 0.25) is 0 Å². The van der Waals surface area contributed by atoms with Crippen LogP contribution in [0.15, 0.2) is 25.0 Å². The fourth-order valence-electron chi connectivity index (χ4n) is 2.26. The molecule has 26 heavy (non-hydrogen) atoms. The van der Waals surface area contributed by atoms with Crippen molar-refractivity contribution in [2.75, 3.05) is 23.4 Å². The summed E-state index contributed by atoms with van der Waals surface area (Å²) in [6.07, 6.45) is 6.53. The van der Waals surface area contributed by atoms with Crippen molar-refractivity contribution < 1.29 is 5.11 Å². The molecule has 4 heterocycles. The Kier molecular flexibility index (Phi) is 5.53. The van der Waals surface area contributed by atoms with Gasteiger partial charge < -0.3 is 25.7 Å². The predicted octanol–water partition coefficient (Wildman–Crippen LogP) is 0.204. The first-order valence-corrected chi connectivity index (χ1v) is 8.78. The second kappa shape index (κ2) is 8.01. The number of fused-ring (bicyclic) bond motifs is 2. The monoisotopic (exact) mass is 420 g/mol. The van der Waals surface area contributed by atoms with E-state index in [1.807, 2.05) is 4.57 Å². The van der Waals surface area contributed by atoms with Gasteiger partial charge in [0.2, 0.25) is 11.9 Å². The first-order valence-electron chi connectivity index (χ1n) is 7.66. The second-order valence-electron chi connectivity index (χ2n) is 5.16. The van der Waals surface area contributed by atoms with Crippen molar-refractivity contribution in [1.29, 1.82) is 0 Å². The topological polar surface area (TPSA) is 159 Å². The lowest BCUT2D eigenvalue weighted by Crippen LogP contribution is -2.03. The number of hydrogen-bond donors (Lipinski definition) is 3. The fraction of sp³-hybridized carbons (Fsp3) is 0.286. The summed E-state index contributed by atoms with van der Waals surface area (Å²) in [6, 6.07) is 0. The summed E-state index contributed by atoms with van der Waals surface area (Å²) < 4.78 is 3.66. The Labute approximate surface area is 156 Å². The predicted molar refractivity (Wildman–Crippen MR) is 100 cm³/mol. The molecule has 0 saturated carbocycles. The van der Waals surface area contributed by atoms with Crippen LogP contribution >= 0.6 is 15.9 Å². The summed E-state index contributed by atoms with van der Waals surface area (Å²) in [5, 5.41) is 9.61. The molecule has 136 valence electrons. The number of halogens is 1. The lowest BCUT2D eigenvalue weighted by atomic mass is 10.5. The molecule has 4 aromatic rings. The van der Waals surface area contributed by atoms with Gasteiger partial charge in [-0.05, 0) is 0 Å². The average molecular weight is 421 g/mol. The van der Waals surface area contributed by atoms with E-state index in [0.29, 0.717) is 17.7 Å². The number of nitrogens with zero attached hydrogens (tertiary/aromatic N) is 8. The number of imidazole rings is 2. The van der Waals surface area contributed by atoms with Gasteiger partial charge in [0, 0.05) is 18.4 Å². The molecule has 12 heteroatoms. The number of aryl methyl sites for hydroxylation is 1. The number of anilines is 2. The minimum Gasteiger partial charge on any atom is -0.395 e. The summed E-state index contributed by atoms with van der Waals surface area (Å²) in [5.41, 5.74) is 13.8. The van der Waals surface area contributed by atoms with Gasteiger partial charge in [-0.2, -0.15) is 9.97 Å². The summed E-state index contributed by atoms with van der Waals surface area (Å²) in [4.78, 5) is 24.0. The van der Waals surface area contributed by atoms with E-state index in [2.05, 4.69) is 45.8 Å². The molecule has 0 bridgehead atoms. The average Bonchev–Trinajstić information content (AvgIpc) is 3.21. The summed E-state index contributed by atoms with van der Waals surface area (Å²) in [5.74, 6) is 0.496. The van der Waals surface area contributed by atoms with Gasteiger partial charge in [0.05, 0.1) is 31.7 Å². The zero-order valence-electron chi connectivity index (χ0n) is 13.7. The highest BCUT2D eigenvalue weighted by atomic mass is 79.9. The molecule has 0 spiro atoms. The third-order valence-corrected chi connectivity index (χ3v) is 3.77. The van der Waals surface area contributed by atoms with Gasteiger partial charge in [0.15, 0.2) is 11.3 Å². The summed E-state index contributed by atoms with van der Waals surface area (Å²) in [6.45, 7) is 1.34. The van der Waals surface area contributed by atoms with E-state index in [1.54, 1.807) is 29.6 Å². The number of rotatable bonds is 4. The molecule has 0 aliphatic heterocycles. The number of hydrogen-bond acceptors (Lipinski definition) is 9. The Morgan fingerprint density at radius 1 is 0.846 bits per heavy atom. The maximum Gasteiger partial charge on any atom is 0.222 e. The van der Waals surface area contributed by atoms with Crippen LogP contribution in [0.4, 0.5) is 11.9 Å². The number of aliphatic hydroxyl groups excluding tert-OH is 1. The standard InChI is InChI=1S/C7H8BrN5.C7H9N5O/c8-1-2-13-4-11-5-3-10-7(9)12-6(5)13;8-7-9-3-5-6(11-7)12(1-2-13)4-10-5/h3-4H,1-2H2,(H2,9,10,12);3-4,13H,1-2H2,(H2,8,9,11). The van der Waals surface area contributed by atoms with E-state index < -0.39 is 0 Å². The van der Waals surface area contributed by atoms with E-state index in [9.17, 15) is 0 Å². The van der Waals surface area contributed by atoms with Gasteiger partial charge in [-0.3, -0.25) is 0 Å². The van der Waals surface area contributed by atoms with E-state index in [1.165, 1.54) is 0 Å². The zero-order chi connectivity index (χ0) is 18.5. The van der Waals surface area contributed by atoms with Crippen LogP contribution < -0.4 is 11.5 Å². The molecule has 0 aromatic carbocycles. The molecule has 0 unspecified atom stereocenters. The van der Waals surface area contributed by atoms with Gasteiger partial charge >= 0.3 is 0 Å². The molecular weight excluding hydrogens is 404 g/mol. The zero-order valence-corrected chi connectivity index (χ0v) is 15.3. The molecule has 0 saturated heterocycles. The summed E-state index contributed by atoms with van der Waals surface area (Å²) in [7, 11) is 0. The van der Waals surface area contributed by atoms with Crippen molar-refractivity contribution >= 4 is 50.2 Å². The highest BCUT2D eigenvalue weighted by Crippen LogP contribution is 2.10. The normalized spacial score (nSPS) is 10.8. The van der Waals surface area contributed by atoms with Crippen molar-refractivity contribution in [3.63, 3.8) is 0 Å². The van der Waals surface area contributed by atoms with Gasteiger partial charge in [-0.25, -0.2) is 19.9 Å². The molecular formula is C14H17BrN10O. The maximum absolute atomic E-state index is 8.74.